The van der Waals surface area contributed by atoms with Crippen molar-refractivity contribution < 1.29 is 9.53 Å². The molecule has 1 amide bonds. The molecule has 1 aromatic carbocycles. The minimum Gasteiger partial charge on any atom is -0.372 e. The number of aromatic nitrogens is 2. The molecule has 4 rings (SSSR count). The first-order chi connectivity index (χ1) is 14.7. The van der Waals surface area contributed by atoms with Gasteiger partial charge in [0.25, 0.3) is 0 Å². The van der Waals surface area contributed by atoms with Gasteiger partial charge in [-0.1, -0.05) is 38.1 Å². The van der Waals surface area contributed by atoms with E-state index in [0.717, 1.165) is 54.3 Å². The molecular weight excluding hydrogens is 388 g/mol. The second kappa shape index (κ2) is 8.58. The Balaban J connectivity index is 1.54. The summed E-state index contributed by atoms with van der Waals surface area (Å²) in [5, 5.41) is 3.27. The Morgan fingerprint density at radius 3 is 2.65 bits per heavy atom. The van der Waals surface area contributed by atoms with E-state index in [1.165, 1.54) is 0 Å². The molecule has 1 aliphatic carbocycles. The predicted octanol–water partition coefficient (Wildman–Crippen LogP) is 3.77. The highest BCUT2D eigenvalue weighted by molar-refractivity contribution is 5.79. The number of nitrogens with zero attached hydrogens (tertiary/aromatic N) is 3. The average molecular weight is 423 g/mol. The molecule has 1 fully saturated rings. The van der Waals surface area contributed by atoms with Crippen LogP contribution in [0.5, 0.6) is 0 Å². The summed E-state index contributed by atoms with van der Waals surface area (Å²) in [6.45, 7) is 12.3. The fraction of sp³-hybridized carbons (Fsp3) is 0.560. The van der Waals surface area contributed by atoms with Crippen molar-refractivity contribution >= 4 is 11.9 Å². The number of fused-ring (bicyclic) bond motifs is 1. The summed E-state index contributed by atoms with van der Waals surface area (Å²) >= 11 is 0. The molecule has 1 N–H and O–H groups in total. The van der Waals surface area contributed by atoms with Crippen LogP contribution >= 0.6 is 0 Å². The van der Waals surface area contributed by atoms with Gasteiger partial charge in [0.15, 0.2) is 0 Å². The lowest BCUT2D eigenvalue weighted by Crippen LogP contribution is -2.46. The highest BCUT2D eigenvalue weighted by atomic mass is 16.5. The Morgan fingerprint density at radius 2 is 1.94 bits per heavy atom. The van der Waals surface area contributed by atoms with Gasteiger partial charge in [0.05, 0.1) is 30.4 Å². The number of aryl methyl sites for hydroxylation is 1. The number of hydrogen-bond acceptors (Lipinski definition) is 5. The number of rotatable bonds is 4. The molecule has 0 radical (unpaired) electrons. The third-order valence-electron chi connectivity index (χ3n) is 6.32. The summed E-state index contributed by atoms with van der Waals surface area (Å²) < 4.78 is 5.86. The molecule has 0 unspecified atom stereocenters. The van der Waals surface area contributed by atoms with Crippen molar-refractivity contribution in [2.24, 2.45) is 5.41 Å². The Morgan fingerprint density at radius 1 is 1.23 bits per heavy atom. The quantitative estimate of drug-likeness (QED) is 0.812. The van der Waals surface area contributed by atoms with E-state index >= 15 is 0 Å². The van der Waals surface area contributed by atoms with Gasteiger partial charge in [-0.25, -0.2) is 9.97 Å². The number of anilines is 1. The lowest BCUT2D eigenvalue weighted by molar-refractivity contribution is -0.121. The third-order valence-corrected chi connectivity index (χ3v) is 6.32. The van der Waals surface area contributed by atoms with E-state index in [9.17, 15) is 4.79 Å². The fourth-order valence-electron chi connectivity index (χ4n) is 4.89. The van der Waals surface area contributed by atoms with Gasteiger partial charge < -0.3 is 15.0 Å². The molecule has 1 aromatic heterocycles. The number of carbonyl (C=O) groups is 1. The molecule has 0 bridgehead atoms. The van der Waals surface area contributed by atoms with Crippen molar-refractivity contribution in [1.29, 1.82) is 0 Å². The topological polar surface area (TPSA) is 67.4 Å². The van der Waals surface area contributed by atoms with E-state index in [1.54, 1.807) is 0 Å². The van der Waals surface area contributed by atoms with Crippen LogP contribution in [0.2, 0.25) is 0 Å². The zero-order valence-corrected chi connectivity index (χ0v) is 19.3. The Bertz CT molecular complexity index is 948. The molecule has 1 aliphatic heterocycles. The molecule has 1 saturated heterocycles. The van der Waals surface area contributed by atoms with Gasteiger partial charge in [-0.05, 0) is 50.2 Å². The molecular formula is C25H34N4O2. The maximum Gasteiger partial charge on any atom is 0.225 e. The molecule has 6 nitrogen and oxygen atoms in total. The average Bonchev–Trinajstić information content (AvgIpc) is 2.67. The van der Waals surface area contributed by atoms with Gasteiger partial charge in [0, 0.05) is 24.8 Å². The van der Waals surface area contributed by atoms with Crippen LogP contribution in [0.25, 0.3) is 0 Å². The number of benzene rings is 1. The minimum absolute atomic E-state index is 0.0443. The molecule has 31 heavy (non-hydrogen) atoms. The molecule has 0 saturated carbocycles. The van der Waals surface area contributed by atoms with Gasteiger partial charge in [-0.2, -0.15) is 0 Å². The van der Waals surface area contributed by atoms with E-state index in [2.05, 4.69) is 37.9 Å². The van der Waals surface area contributed by atoms with Crippen LogP contribution < -0.4 is 10.2 Å². The zero-order valence-electron chi connectivity index (χ0n) is 19.3. The number of carbonyl (C=O) groups excluding carboxylic acids is 1. The summed E-state index contributed by atoms with van der Waals surface area (Å²) in [5.41, 5.74) is 4.37. The van der Waals surface area contributed by atoms with Crippen molar-refractivity contribution in [3.8, 4) is 0 Å². The summed E-state index contributed by atoms with van der Waals surface area (Å²) in [4.78, 5) is 24.7. The van der Waals surface area contributed by atoms with Crippen LogP contribution in [0.3, 0.4) is 0 Å². The first-order valence-electron chi connectivity index (χ1n) is 11.3. The van der Waals surface area contributed by atoms with Gasteiger partial charge in [0.1, 0.15) is 0 Å². The van der Waals surface area contributed by atoms with E-state index in [0.29, 0.717) is 6.42 Å². The van der Waals surface area contributed by atoms with E-state index < -0.39 is 0 Å². The fourth-order valence-corrected chi connectivity index (χ4v) is 4.89. The smallest absolute Gasteiger partial charge is 0.225 e. The number of amides is 1. The normalized spacial score (nSPS) is 25.1. The van der Waals surface area contributed by atoms with Crippen LogP contribution in [-0.4, -0.2) is 41.2 Å². The summed E-state index contributed by atoms with van der Waals surface area (Å²) in [6.07, 6.45) is 4.41. The van der Waals surface area contributed by atoms with Crippen molar-refractivity contribution in [3.63, 3.8) is 0 Å². The van der Waals surface area contributed by atoms with Crippen LogP contribution in [0.4, 0.5) is 5.95 Å². The predicted molar refractivity (Wildman–Crippen MR) is 122 cm³/mol. The van der Waals surface area contributed by atoms with E-state index in [-0.39, 0.29) is 29.6 Å². The Kier molecular flexibility index (Phi) is 6.02. The Hall–Kier alpha value is -2.47. The van der Waals surface area contributed by atoms with Gasteiger partial charge in [-0.15, -0.1) is 0 Å². The first kappa shape index (κ1) is 21.8. The van der Waals surface area contributed by atoms with Crippen LogP contribution in [0, 0.1) is 12.3 Å². The highest BCUT2D eigenvalue weighted by Gasteiger charge is 2.35. The van der Waals surface area contributed by atoms with Crippen molar-refractivity contribution in [3.05, 3.63) is 52.8 Å². The molecule has 2 aliphatic rings. The highest BCUT2D eigenvalue weighted by Crippen LogP contribution is 2.40. The second-order valence-electron chi connectivity index (χ2n) is 10.0. The van der Waals surface area contributed by atoms with Crippen LogP contribution in [-0.2, 0) is 22.4 Å². The Labute approximate surface area is 185 Å². The van der Waals surface area contributed by atoms with E-state index in [4.69, 9.17) is 14.7 Å². The SMILES string of the molecule is Cc1ccccc1CC(=O)N[C@@H]1CC(C)(C)Cc2nc(N3C[C@H](C)O[C@@H](C)C3)ncc21. The summed E-state index contributed by atoms with van der Waals surface area (Å²) in [5.74, 6) is 0.811. The van der Waals surface area contributed by atoms with Crippen molar-refractivity contribution in [1.82, 2.24) is 15.3 Å². The lowest BCUT2D eigenvalue weighted by atomic mass is 9.74. The molecule has 166 valence electrons. The summed E-state index contributed by atoms with van der Waals surface area (Å²) in [6, 6.07) is 7.99. The molecule has 2 heterocycles. The molecule has 6 heteroatoms. The second-order valence-corrected chi connectivity index (χ2v) is 10.0. The van der Waals surface area contributed by atoms with Gasteiger partial charge in [0.2, 0.25) is 11.9 Å². The van der Waals surface area contributed by atoms with Crippen LogP contribution in [0.15, 0.2) is 30.5 Å². The zero-order chi connectivity index (χ0) is 22.2. The maximum atomic E-state index is 12.9. The monoisotopic (exact) mass is 422 g/mol. The lowest BCUT2D eigenvalue weighted by Gasteiger charge is -2.38. The van der Waals surface area contributed by atoms with Gasteiger partial charge >= 0.3 is 0 Å². The first-order valence-corrected chi connectivity index (χ1v) is 11.3. The molecule has 0 spiro atoms. The maximum absolute atomic E-state index is 12.9. The summed E-state index contributed by atoms with van der Waals surface area (Å²) in [7, 11) is 0. The molecule has 3 atom stereocenters. The van der Waals surface area contributed by atoms with Crippen LogP contribution in [0.1, 0.15) is 62.5 Å². The molecule has 2 aromatic rings. The number of nitrogens with one attached hydrogen (secondary N) is 1. The third kappa shape index (κ3) is 5.06. The standard InChI is InChI=1S/C25H34N4O2/c1-16-8-6-7-9-19(16)10-23(30)27-21-11-25(4,5)12-22-20(21)13-26-24(28-22)29-14-17(2)31-18(3)15-29/h6-9,13,17-18,21H,10-12,14-15H2,1-5H3,(H,27,30)/t17-,18-,21+/m0/s1. The van der Waals surface area contributed by atoms with Crippen molar-refractivity contribution in [2.75, 3.05) is 18.0 Å². The number of ether oxygens (including phenoxy) is 1. The number of hydrogen-bond donors (Lipinski definition) is 1. The minimum atomic E-state index is -0.0631. The van der Waals surface area contributed by atoms with Crippen molar-refractivity contribution in [2.45, 2.75) is 72.1 Å². The van der Waals surface area contributed by atoms with E-state index in [1.807, 2.05) is 37.4 Å². The van der Waals surface area contributed by atoms with Gasteiger partial charge in [-0.3, -0.25) is 4.79 Å². The largest absolute Gasteiger partial charge is 0.372 e. The number of morpholine rings is 1.